The predicted molar refractivity (Wildman–Crippen MR) is 106 cm³/mol. The van der Waals surface area contributed by atoms with E-state index in [1.54, 1.807) is 32.4 Å². The van der Waals surface area contributed by atoms with Crippen LogP contribution >= 0.6 is 11.3 Å². The number of aryl methyl sites for hydroxylation is 1. The fourth-order valence-electron chi connectivity index (χ4n) is 2.70. The predicted octanol–water partition coefficient (Wildman–Crippen LogP) is 4.40. The van der Waals surface area contributed by atoms with Crippen LogP contribution in [0.2, 0.25) is 0 Å². The van der Waals surface area contributed by atoms with Crippen molar-refractivity contribution in [2.45, 2.75) is 6.92 Å². The van der Waals surface area contributed by atoms with Gasteiger partial charge in [0.25, 0.3) is 5.91 Å². The van der Waals surface area contributed by atoms with Crippen molar-refractivity contribution >= 4 is 22.4 Å². The molecular formula is C20H20N2O4S. The molecule has 6 nitrogen and oxygen atoms in total. The zero-order valence-electron chi connectivity index (χ0n) is 15.5. The summed E-state index contributed by atoms with van der Waals surface area (Å²) in [5.74, 6) is 1.63. The third-order valence-corrected chi connectivity index (χ3v) is 4.92. The van der Waals surface area contributed by atoms with Crippen LogP contribution in [0.3, 0.4) is 0 Å². The molecule has 0 aliphatic carbocycles. The standard InChI is InChI=1S/C20H20N2O4S/c1-12-18(15-11-13(24-2)9-10-17(15)26-4)21-20(27-12)22-19(23)14-7-5-6-8-16(14)25-3/h5-11H,1-4H3,(H,21,22,23). The lowest BCUT2D eigenvalue weighted by Crippen LogP contribution is -2.12. The molecule has 1 amide bonds. The molecule has 0 aliphatic heterocycles. The molecule has 1 aromatic heterocycles. The topological polar surface area (TPSA) is 69.7 Å². The lowest BCUT2D eigenvalue weighted by molar-refractivity contribution is 0.102. The van der Waals surface area contributed by atoms with Crippen molar-refractivity contribution in [2.75, 3.05) is 26.6 Å². The van der Waals surface area contributed by atoms with Crippen molar-refractivity contribution in [3.8, 4) is 28.5 Å². The number of ether oxygens (including phenoxy) is 3. The zero-order chi connectivity index (χ0) is 19.4. The van der Waals surface area contributed by atoms with Crippen LogP contribution in [-0.4, -0.2) is 32.2 Å². The molecule has 1 heterocycles. The molecule has 27 heavy (non-hydrogen) atoms. The van der Waals surface area contributed by atoms with Gasteiger partial charge in [0.2, 0.25) is 0 Å². The maximum Gasteiger partial charge on any atom is 0.261 e. The summed E-state index contributed by atoms with van der Waals surface area (Å²) in [7, 11) is 4.75. The van der Waals surface area contributed by atoms with Crippen molar-refractivity contribution in [1.82, 2.24) is 4.98 Å². The number of amides is 1. The van der Waals surface area contributed by atoms with Gasteiger partial charge in [0, 0.05) is 10.4 Å². The van der Waals surface area contributed by atoms with E-state index >= 15 is 0 Å². The van der Waals surface area contributed by atoms with Crippen LogP contribution in [0.1, 0.15) is 15.2 Å². The molecule has 0 bridgehead atoms. The first kappa shape index (κ1) is 18.7. The van der Waals surface area contributed by atoms with Gasteiger partial charge in [-0.1, -0.05) is 12.1 Å². The van der Waals surface area contributed by atoms with Gasteiger partial charge in [-0.25, -0.2) is 4.98 Å². The highest BCUT2D eigenvalue weighted by molar-refractivity contribution is 7.16. The monoisotopic (exact) mass is 384 g/mol. The number of para-hydroxylation sites is 1. The van der Waals surface area contributed by atoms with Crippen molar-refractivity contribution in [1.29, 1.82) is 0 Å². The van der Waals surface area contributed by atoms with E-state index in [9.17, 15) is 4.79 Å². The Bertz CT molecular complexity index is 968. The summed E-state index contributed by atoms with van der Waals surface area (Å²) in [5.41, 5.74) is 2.00. The van der Waals surface area contributed by atoms with E-state index in [1.807, 2.05) is 31.2 Å². The van der Waals surface area contributed by atoms with Crippen LogP contribution in [0.4, 0.5) is 5.13 Å². The number of carbonyl (C=O) groups excluding carboxylic acids is 1. The molecule has 0 fully saturated rings. The zero-order valence-corrected chi connectivity index (χ0v) is 16.3. The minimum atomic E-state index is -0.273. The fraction of sp³-hybridized carbons (Fsp3) is 0.200. The Morgan fingerprint density at radius 2 is 1.74 bits per heavy atom. The molecule has 3 rings (SSSR count). The summed E-state index contributed by atoms with van der Waals surface area (Å²) in [5, 5.41) is 3.35. The first-order valence-electron chi connectivity index (χ1n) is 8.21. The van der Waals surface area contributed by atoms with Gasteiger partial charge in [0.1, 0.15) is 17.2 Å². The Morgan fingerprint density at radius 1 is 1.00 bits per heavy atom. The van der Waals surface area contributed by atoms with Crippen molar-refractivity contribution < 1.29 is 19.0 Å². The van der Waals surface area contributed by atoms with Gasteiger partial charge in [-0.2, -0.15) is 0 Å². The van der Waals surface area contributed by atoms with Crippen molar-refractivity contribution in [3.63, 3.8) is 0 Å². The number of hydrogen-bond acceptors (Lipinski definition) is 6. The number of nitrogens with one attached hydrogen (secondary N) is 1. The van der Waals surface area contributed by atoms with Crippen LogP contribution in [0.25, 0.3) is 11.3 Å². The Labute approximate surface area is 161 Å². The Kier molecular flexibility index (Phi) is 5.61. The van der Waals surface area contributed by atoms with E-state index in [2.05, 4.69) is 10.3 Å². The lowest BCUT2D eigenvalue weighted by Gasteiger charge is -2.09. The fourth-order valence-corrected chi connectivity index (χ4v) is 3.52. The Morgan fingerprint density at radius 3 is 2.44 bits per heavy atom. The summed E-state index contributed by atoms with van der Waals surface area (Å²) in [6.07, 6.45) is 0. The van der Waals surface area contributed by atoms with E-state index in [4.69, 9.17) is 14.2 Å². The molecule has 0 atom stereocenters. The normalized spacial score (nSPS) is 10.4. The third-order valence-electron chi connectivity index (χ3n) is 4.03. The molecule has 2 aromatic carbocycles. The maximum atomic E-state index is 12.6. The quantitative estimate of drug-likeness (QED) is 0.682. The molecule has 0 spiro atoms. The number of hydrogen-bond donors (Lipinski definition) is 1. The van der Waals surface area contributed by atoms with Crippen LogP contribution in [0.15, 0.2) is 42.5 Å². The molecule has 7 heteroatoms. The Balaban J connectivity index is 1.92. The number of aromatic nitrogens is 1. The number of methoxy groups -OCH3 is 3. The number of anilines is 1. The SMILES string of the molecule is COc1ccc(OC)c(-c2nc(NC(=O)c3ccccc3OC)sc2C)c1. The van der Waals surface area contributed by atoms with Gasteiger partial charge in [-0.15, -0.1) is 11.3 Å². The minimum Gasteiger partial charge on any atom is -0.497 e. The second kappa shape index (κ2) is 8.09. The summed E-state index contributed by atoms with van der Waals surface area (Å²) in [6.45, 7) is 1.95. The molecule has 1 N–H and O–H groups in total. The number of thiazole rings is 1. The first-order chi connectivity index (χ1) is 13.1. The summed E-state index contributed by atoms with van der Waals surface area (Å²) in [4.78, 5) is 18.2. The van der Waals surface area contributed by atoms with E-state index < -0.39 is 0 Å². The average Bonchev–Trinajstić information content (AvgIpc) is 3.07. The van der Waals surface area contributed by atoms with E-state index in [0.717, 1.165) is 16.1 Å². The molecule has 0 unspecified atom stereocenters. The number of benzene rings is 2. The first-order valence-corrected chi connectivity index (χ1v) is 9.03. The molecule has 0 radical (unpaired) electrons. The second-order valence-corrected chi connectivity index (χ2v) is 6.85. The van der Waals surface area contributed by atoms with Gasteiger partial charge in [-0.05, 0) is 37.3 Å². The highest BCUT2D eigenvalue weighted by Gasteiger charge is 2.18. The summed E-state index contributed by atoms with van der Waals surface area (Å²) < 4.78 is 16.0. The second-order valence-electron chi connectivity index (χ2n) is 5.64. The van der Waals surface area contributed by atoms with Gasteiger partial charge in [0.05, 0.1) is 32.6 Å². The Hall–Kier alpha value is -3.06. The van der Waals surface area contributed by atoms with E-state index in [1.165, 1.54) is 18.4 Å². The van der Waals surface area contributed by atoms with E-state index in [0.29, 0.717) is 27.9 Å². The molecule has 0 saturated heterocycles. The van der Waals surface area contributed by atoms with Crippen molar-refractivity contribution in [2.24, 2.45) is 0 Å². The highest BCUT2D eigenvalue weighted by atomic mass is 32.1. The van der Waals surface area contributed by atoms with Crippen molar-refractivity contribution in [3.05, 3.63) is 52.9 Å². The molecule has 140 valence electrons. The van der Waals surface area contributed by atoms with Gasteiger partial charge < -0.3 is 14.2 Å². The number of carbonyl (C=O) groups is 1. The van der Waals surface area contributed by atoms with Crippen LogP contribution < -0.4 is 19.5 Å². The summed E-state index contributed by atoms with van der Waals surface area (Å²) >= 11 is 1.40. The van der Waals surface area contributed by atoms with Gasteiger partial charge in [0.15, 0.2) is 5.13 Å². The largest absolute Gasteiger partial charge is 0.497 e. The molecule has 0 aliphatic rings. The van der Waals surface area contributed by atoms with E-state index in [-0.39, 0.29) is 5.91 Å². The van der Waals surface area contributed by atoms with Crippen LogP contribution in [0, 0.1) is 6.92 Å². The smallest absolute Gasteiger partial charge is 0.261 e. The van der Waals surface area contributed by atoms with Gasteiger partial charge >= 0.3 is 0 Å². The highest BCUT2D eigenvalue weighted by Crippen LogP contribution is 2.38. The number of rotatable bonds is 6. The molecule has 0 saturated carbocycles. The minimum absolute atomic E-state index is 0.273. The molecular weight excluding hydrogens is 364 g/mol. The third kappa shape index (κ3) is 3.88. The number of nitrogens with zero attached hydrogens (tertiary/aromatic N) is 1. The summed E-state index contributed by atoms with van der Waals surface area (Å²) in [6, 6.07) is 12.6. The maximum absolute atomic E-state index is 12.6. The molecule has 3 aromatic rings. The van der Waals surface area contributed by atoms with Crippen LogP contribution in [-0.2, 0) is 0 Å². The lowest BCUT2D eigenvalue weighted by atomic mass is 10.1. The average molecular weight is 384 g/mol. The van der Waals surface area contributed by atoms with Gasteiger partial charge in [-0.3, -0.25) is 10.1 Å². The van der Waals surface area contributed by atoms with Crippen LogP contribution in [0.5, 0.6) is 17.2 Å².